The van der Waals surface area contributed by atoms with E-state index in [9.17, 15) is 37.2 Å². The normalized spacial score (nSPS) is 19.8. The molecule has 20 heteroatoms. The first kappa shape index (κ1) is 57.0. The van der Waals surface area contributed by atoms with Gasteiger partial charge in [-0.3, -0.25) is 33.8 Å². The maximum absolute atomic E-state index is 14.5. The van der Waals surface area contributed by atoms with Gasteiger partial charge >= 0.3 is 0 Å². The molecular formula is C54H78N10O9S. The van der Waals surface area contributed by atoms with Crippen molar-refractivity contribution in [2.75, 3.05) is 26.2 Å². The number of aliphatic imine (C=N–C) groups is 1. The predicted octanol–water partition coefficient (Wildman–Crippen LogP) is 3.31. The number of rotatable bonds is 25. The summed E-state index contributed by atoms with van der Waals surface area (Å²) in [5, 5.41) is 11.6. The Kier molecular flexibility index (Phi) is 19.1. The number of carbonyl (C=O) groups excluding carboxylic acids is 6. The Morgan fingerprint density at radius 1 is 0.838 bits per heavy atom. The van der Waals surface area contributed by atoms with Gasteiger partial charge in [-0.25, -0.2) is 13.1 Å². The van der Waals surface area contributed by atoms with Crippen molar-refractivity contribution in [2.45, 2.75) is 177 Å². The number of ether oxygens (including phenoxy) is 1. The van der Waals surface area contributed by atoms with E-state index in [0.717, 1.165) is 16.7 Å². The minimum Gasteiger partial charge on any atom is -0.487 e. The zero-order valence-corrected chi connectivity index (χ0v) is 44.7. The highest BCUT2D eigenvalue weighted by atomic mass is 32.2. The zero-order chi connectivity index (χ0) is 54.0. The van der Waals surface area contributed by atoms with Crippen molar-refractivity contribution in [3.63, 3.8) is 0 Å². The molecule has 6 rings (SSSR count). The number of fused-ring (bicyclic) bond motifs is 1. The maximum Gasteiger partial charge on any atom is 0.264 e. The lowest BCUT2D eigenvalue weighted by Gasteiger charge is -2.31. The summed E-state index contributed by atoms with van der Waals surface area (Å²) in [6.45, 7) is 17.6. The van der Waals surface area contributed by atoms with Gasteiger partial charge in [0.1, 0.15) is 41.1 Å². The Hall–Kier alpha value is -6.28. The third kappa shape index (κ3) is 13.9. The summed E-state index contributed by atoms with van der Waals surface area (Å²) in [5.41, 5.74) is 14.0. The van der Waals surface area contributed by atoms with E-state index in [1.165, 1.54) is 9.80 Å². The zero-order valence-electron chi connectivity index (χ0n) is 43.9. The largest absolute Gasteiger partial charge is 0.487 e. The summed E-state index contributed by atoms with van der Waals surface area (Å²) in [5.74, 6) is -2.48. The van der Waals surface area contributed by atoms with Crippen LogP contribution in [0.4, 0.5) is 0 Å². The summed E-state index contributed by atoms with van der Waals surface area (Å²) in [6, 6.07) is 4.53. The molecule has 3 heterocycles. The number of hydrogen-bond donors (Lipinski definition) is 7. The molecule has 0 aromatic heterocycles. The molecule has 2 aromatic carbocycles. The summed E-state index contributed by atoms with van der Waals surface area (Å²) < 4.78 is 36.3. The molecule has 2 aromatic rings. The summed E-state index contributed by atoms with van der Waals surface area (Å²) in [6.07, 6.45) is 9.97. The van der Waals surface area contributed by atoms with Gasteiger partial charge in [-0.05, 0) is 140 Å². The van der Waals surface area contributed by atoms with Crippen LogP contribution >= 0.6 is 0 Å². The van der Waals surface area contributed by atoms with Crippen LogP contribution in [0.5, 0.6) is 5.75 Å². The first-order valence-corrected chi connectivity index (χ1v) is 27.6. The Bertz CT molecular complexity index is 2580. The molecule has 0 radical (unpaired) electrons. The van der Waals surface area contributed by atoms with E-state index >= 15 is 0 Å². The van der Waals surface area contributed by atoms with Gasteiger partial charge in [0.05, 0.1) is 10.9 Å². The fraction of sp³-hybridized carbons (Fsp3) is 0.574. The second-order valence-corrected chi connectivity index (χ2v) is 22.5. The predicted molar refractivity (Wildman–Crippen MR) is 283 cm³/mol. The SMILES string of the molecule is C=CCCCNC(=O)[C@@H]1CCCN1C(=O)[C@H](CCCN=C(N)NS(=O)(=O)c1c(C)c(C)c2c(c1C)CC(C)(C)O2)NC(=O)C1(NC(=O)[C@@H]2CCCN2C(=O)[C@H](Cc2ccccc2)NC(=O)[C@@H](N)CCCC=C)CC1. The van der Waals surface area contributed by atoms with Crippen molar-refractivity contribution in [3.05, 3.63) is 83.5 Å². The number of sulfonamides is 1. The lowest BCUT2D eigenvalue weighted by atomic mass is 9.94. The Morgan fingerprint density at radius 3 is 2.09 bits per heavy atom. The van der Waals surface area contributed by atoms with Crippen molar-refractivity contribution in [3.8, 4) is 5.75 Å². The van der Waals surface area contributed by atoms with E-state index in [0.29, 0.717) is 87.6 Å². The number of unbranched alkanes of at least 4 members (excludes halogenated alkanes) is 2. The van der Waals surface area contributed by atoms with Crippen molar-refractivity contribution >= 4 is 51.4 Å². The van der Waals surface area contributed by atoms with Crippen molar-refractivity contribution in [1.29, 1.82) is 0 Å². The lowest BCUT2D eigenvalue weighted by Crippen LogP contribution is -2.60. The average Bonchev–Trinajstić information content (AvgIpc) is 3.64. The molecule has 5 atom stereocenters. The van der Waals surface area contributed by atoms with Gasteiger partial charge in [0.2, 0.25) is 41.4 Å². The molecule has 0 spiro atoms. The molecule has 0 unspecified atom stereocenters. The Balaban J connectivity index is 1.15. The lowest BCUT2D eigenvalue weighted by molar-refractivity contribution is -0.143. The van der Waals surface area contributed by atoms with Gasteiger partial charge in [0.25, 0.3) is 10.0 Å². The van der Waals surface area contributed by atoms with E-state index in [4.69, 9.17) is 16.2 Å². The minimum atomic E-state index is -4.19. The molecule has 1 aliphatic carbocycles. The number of allylic oxidation sites excluding steroid dienone is 2. The highest BCUT2D eigenvalue weighted by Crippen LogP contribution is 2.44. The molecule has 3 fully saturated rings. The number of guanidine groups is 1. The summed E-state index contributed by atoms with van der Waals surface area (Å²) in [7, 11) is -4.19. The molecule has 3 aliphatic heterocycles. The molecular weight excluding hydrogens is 965 g/mol. The highest BCUT2D eigenvalue weighted by molar-refractivity contribution is 7.90. The van der Waals surface area contributed by atoms with Gasteiger partial charge in [-0.1, -0.05) is 42.5 Å². The fourth-order valence-electron chi connectivity index (χ4n) is 10.3. The van der Waals surface area contributed by atoms with Crippen molar-refractivity contribution in [1.82, 2.24) is 35.8 Å². The standard InChI is InChI=1S/C54H78N10O9S/c1-8-10-13-22-39(55)46(65)59-41(32-37-20-14-12-15-21-37)50(69)64-31-19-25-43(64)48(67)61-54(26-27-54)51(70)60-40(49(68)63-30-18-24-42(63)47(66)57-28-16-11-9-2)23-17-29-58-52(56)62-74(71,72)45-35(4)34(3)44-38(36(45)5)33-53(6,7)73-44/h8-9,12,14-15,20-21,39-43H,1-2,10-11,13,16-19,22-33,55H2,3-7H3,(H,57,66)(H,59,65)(H,60,70)(H,61,67)(H3,56,58,62)/t39-,40-,41-,42-,43-/m0/s1. The van der Waals surface area contributed by atoms with Crippen molar-refractivity contribution < 1.29 is 41.9 Å². The summed E-state index contributed by atoms with van der Waals surface area (Å²) in [4.78, 5) is 91.6. The minimum absolute atomic E-state index is 0.0230. The van der Waals surface area contributed by atoms with Crippen LogP contribution in [0.3, 0.4) is 0 Å². The van der Waals surface area contributed by atoms with Crippen LogP contribution in [-0.4, -0.2) is 127 Å². The van der Waals surface area contributed by atoms with Crippen LogP contribution in [0.15, 0.2) is 65.5 Å². The second-order valence-electron chi connectivity index (χ2n) is 20.8. The first-order chi connectivity index (χ1) is 35.1. The van der Waals surface area contributed by atoms with E-state index in [1.807, 2.05) is 51.1 Å². The Labute approximate surface area is 436 Å². The smallest absolute Gasteiger partial charge is 0.264 e. The van der Waals surface area contributed by atoms with E-state index in [1.54, 1.807) is 26.0 Å². The molecule has 404 valence electrons. The van der Waals surface area contributed by atoms with Gasteiger partial charge in [0.15, 0.2) is 0 Å². The number of nitrogens with zero attached hydrogens (tertiary/aromatic N) is 3. The van der Waals surface area contributed by atoms with Crippen LogP contribution < -0.4 is 42.2 Å². The van der Waals surface area contributed by atoms with Crippen LogP contribution in [0.25, 0.3) is 0 Å². The molecule has 6 amide bonds. The fourth-order valence-corrected chi connectivity index (χ4v) is 11.8. The van der Waals surface area contributed by atoms with Crippen LogP contribution in [0.2, 0.25) is 0 Å². The monoisotopic (exact) mass is 1040 g/mol. The van der Waals surface area contributed by atoms with E-state index < -0.39 is 80.9 Å². The van der Waals surface area contributed by atoms with Gasteiger partial charge in [0, 0.05) is 44.6 Å². The molecule has 0 bridgehead atoms. The van der Waals surface area contributed by atoms with Crippen LogP contribution in [-0.2, 0) is 51.6 Å². The number of hydrogen-bond acceptors (Lipinski definition) is 11. The number of amides is 6. The Morgan fingerprint density at radius 2 is 1.46 bits per heavy atom. The number of carbonyl (C=O) groups is 6. The van der Waals surface area contributed by atoms with Crippen molar-refractivity contribution in [2.24, 2.45) is 16.5 Å². The highest BCUT2D eigenvalue weighted by Gasteiger charge is 2.54. The maximum atomic E-state index is 14.5. The average molecular weight is 1040 g/mol. The third-order valence-corrected chi connectivity index (χ3v) is 16.2. The molecule has 4 aliphatic rings. The number of benzene rings is 2. The molecule has 2 saturated heterocycles. The third-order valence-electron chi connectivity index (χ3n) is 14.6. The quantitative estimate of drug-likeness (QED) is 0.0328. The molecule has 19 nitrogen and oxygen atoms in total. The molecule has 1 saturated carbocycles. The first-order valence-electron chi connectivity index (χ1n) is 26.1. The van der Waals surface area contributed by atoms with Crippen LogP contribution in [0, 0.1) is 20.8 Å². The summed E-state index contributed by atoms with van der Waals surface area (Å²) >= 11 is 0. The van der Waals surface area contributed by atoms with Crippen LogP contribution in [0.1, 0.15) is 125 Å². The van der Waals surface area contributed by atoms with Gasteiger partial charge < -0.3 is 47.3 Å². The molecule has 9 N–H and O–H groups in total. The number of likely N-dealkylation sites (tertiary alicyclic amines) is 2. The van der Waals surface area contributed by atoms with Gasteiger partial charge in [-0.15, -0.1) is 13.2 Å². The topological polar surface area (TPSA) is 277 Å². The van der Waals surface area contributed by atoms with E-state index in [-0.39, 0.29) is 68.5 Å². The number of nitrogens with two attached hydrogens (primary N) is 2. The number of nitrogens with one attached hydrogen (secondary N) is 5. The van der Waals surface area contributed by atoms with E-state index in [2.05, 4.69) is 44.1 Å². The van der Waals surface area contributed by atoms with Gasteiger partial charge in [-0.2, -0.15) is 0 Å². The molecule has 74 heavy (non-hydrogen) atoms. The second kappa shape index (κ2) is 24.8.